The Bertz CT molecular complexity index is 790. The summed E-state index contributed by atoms with van der Waals surface area (Å²) in [5.74, 6) is 3.30. The molecule has 1 aliphatic heterocycles. The number of hydrogen-bond acceptors (Lipinski definition) is 5. The van der Waals surface area contributed by atoms with Crippen molar-refractivity contribution >= 4 is 28.6 Å². The molecule has 0 atom stereocenters. The molecule has 0 spiro atoms. The quantitative estimate of drug-likeness (QED) is 0.728. The lowest BCUT2D eigenvalue weighted by Gasteiger charge is -2.26. The molecule has 0 radical (unpaired) electrons. The molecule has 0 aliphatic carbocycles. The topological polar surface area (TPSA) is 46.8 Å². The highest BCUT2D eigenvalue weighted by molar-refractivity contribution is 7.99. The van der Waals surface area contributed by atoms with Crippen LogP contribution >= 0.6 is 11.8 Å². The van der Waals surface area contributed by atoms with E-state index in [2.05, 4.69) is 38.3 Å². The number of rotatable bonds is 2. The van der Waals surface area contributed by atoms with E-state index in [4.69, 9.17) is 0 Å². The van der Waals surface area contributed by atoms with Gasteiger partial charge in [-0.1, -0.05) is 0 Å². The summed E-state index contributed by atoms with van der Waals surface area (Å²) < 4.78 is 2.02. The van der Waals surface area contributed by atoms with Crippen LogP contribution in [0.15, 0.2) is 36.7 Å². The van der Waals surface area contributed by atoms with Crippen LogP contribution < -0.4 is 4.90 Å². The zero-order valence-electron chi connectivity index (χ0n) is 12.4. The normalized spacial score (nSPS) is 15.4. The van der Waals surface area contributed by atoms with Crippen molar-refractivity contribution in [1.82, 2.24) is 19.7 Å². The van der Waals surface area contributed by atoms with E-state index in [0.717, 1.165) is 41.2 Å². The maximum absolute atomic E-state index is 4.45. The number of fused-ring (bicyclic) bond motifs is 1. The molecule has 0 bridgehead atoms. The molecular formula is C16H17N5S. The molecule has 5 nitrogen and oxygen atoms in total. The number of nitrogens with zero attached hydrogens (tertiary/aromatic N) is 5. The highest BCUT2D eigenvalue weighted by atomic mass is 32.2. The van der Waals surface area contributed by atoms with Crippen molar-refractivity contribution in [3.05, 3.63) is 36.7 Å². The van der Waals surface area contributed by atoms with Crippen molar-refractivity contribution in [2.24, 2.45) is 7.05 Å². The first-order valence-corrected chi connectivity index (χ1v) is 8.55. The molecule has 0 amide bonds. The van der Waals surface area contributed by atoms with Gasteiger partial charge in [0.25, 0.3) is 0 Å². The predicted molar refractivity (Wildman–Crippen MR) is 91.3 cm³/mol. The van der Waals surface area contributed by atoms with Crippen LogP contribution in [0.2, 0.25) is 0 Å². The van der Waals surface area contributed by atoms with E-state index < -0.39 is 0 Å². The van der Waals surface area contributed by atoms with E-state index in [0.29, 0.717) is 0 Å². The first kappa shape index (κ1) is 13.6. The van der Waals surface area contributed by atoms with Crippen LogP contribution in [0, 0.1) is 0 Å². The first-order chi connectivity index (χ1) is 10.8. The van der Waals surface area contributed by atoms with E-state index in [1.807, 2.05) is 41.8 Å². The number of anilines is 1. The minimum atomic E-state index is 0.897. The molecule has 0 N–H and O–H groups in total. The molecule has 6 heteroatoms. The van der Waals surface area contributed by atoms with Gasteiger partial charge in [-0.15, -0.1) is 10.2 Å². The van der Waals surface area contributed by atoms with Crippen LogP contribution in [0.1, 0.15) is 0 Å². The second kappa shape index (κ2) is 5.61. The van der Waals surface area contributed by atoms with Gasteiger partial charge in [-0.05, 0) is 24.3 Å². The Kier molecular flexibility index (Phi) is 3.46. The summed E-state index contributed by atoms with van der Waals surface area (Å²) in [5, 5.41) is 9.99. The van der Waals surface area contributed by atoms with Crippen LogP contribution in [-0.4, -0.2) is 44.3 Å². The second-order valence-corrected chi connectivity index (χ2v) is 6.62. The van der Waals surface area contributed by atoms with Crippen LogP contribution in [0.3, 0.4) is 0 Å². The van der Waals surface area contributed by atoms with Gasteiger partial charge in [-0.3, -0.25) is 0 Å². The average molecular weight is 311 g/mol. The third-order valence-corrected chi connectivity index (χ3v) is 4.97. The molecule has 0 unspecified atom stereocenters. The van der Waals surface area contributed by atoms with Crippen LogP contribution in [0.5, 0.6) is 0 Å². The number of aromatic nitrogens is 4. The Labute approximate surface area is 133 Å². The third kappa shape index (κ3) is 2.33. The monoisotopic (exact) mass is 311 g/mol. The van der Waals surface area contributed by atoms with E-state index in [1.54, 1.807) is 0 Å². The number of pyridine rings is 1. The fourth-order valence-electron chi connectivity index (χ4n) is 2.82. The zero-order valence-corrected chi connectivity index (χ0v) is 13.3. The summed E-state index contributed by atoms with van der Waals surface area (Å²) in [6.07, 6.45) is 3.85. The molecule has 22 heavy (non-hydrogen) atoms. The van der Waals surface area contributed by atoms with E-state index >= 15 is 0 Å². The molecule has 1 saturated heterocycles. The van der Waals surface area contributed by atoms with Crippen LogP contribution in [-0.2, 0) is 7.05 Å². The molecule has 3 aromatic rings. The summed E-state index contributed by atoms with van der Waals surface area (Å²) in [7, 11) is 2.00. The second-order valence-electron chi connectivity index (χ2n) is 5.40. The van der Waals surface area contributed by atoms with Gasteiger partial charge in [0.05, 0.1) is 5.69 Å². The largest absolute Gasteiger partial charge is 0.353 e. The molecule has 0 saturated carbocycles. The van der Waals surface area contributed by atoms with Gasteiger partial charge in [0.15, 0.2) is 5.82 Å². The first-order valence-electron chi connectivity index (χ1n) is 7.40. The lowest BCUT2D eigenvalue weighted by atomic mass is 10.1. The summed E-state index contributed by atoms with van der Waals surface area (Å²) in [5.41, 5.74) is 2.95. The van der Waals surface area contributed by atoms with E-state index in [1.165, 1.54) is 11.5 Å². The molecule has 1 aliphatic rings. The average Bonchev–Trinajstić information content (AvgIpc) is 2.97. The number of aryl methyl sites for hydroxylation is 1. The van der Waals surface area contributed by atoms with Crippen molar-refractivity contribution in [3.63, 3.8) is 0 Å². The van der Waals surface area contributed by atoms with Crippen molar-refractivity contribution in [2.75, 3.05) is 29.5 Å². The summed E-state index contributed by atoms with van der Waals surface area (Å²) in [6.45, 7) is 2.10. The van der Waals surface area contributed by atoms with Crippen LogP contribution in [0.25, 0.3) is 22.3 Å². The highest BCUT2D eigenvalue weighted by Gasteiger charge is 2.14. The van der Waals surface area contributed by atoms with Crippen molar-refractivity contribution in [2.45, 2.75) is 0 Å². The lowest BCUT2D eigenvalue weighted by molar-refractivity contribution is 0.820. The van der Waals surface area contributed by atoms with Gasteiger partial charge in [0.1, 0.15) is 5.65 Å². The molecule has 3 aromatic heterocycles. The summed E-state index contributed by atoms with van der Waals surface area (Å²) >= 11 is 2.00. The Morgan fingerprint density at radius 1 is 1.05 bits per heavy atom. The predicted octanol–water partition coefficient (Wildman–Crippen LogP) is 2.58. The number of hydrogen-bond donors (Lipinski definition) is 0. The maximum atomic E-state index is 4.45. The van der Waals surface area contributed by atoms with Crippen LogP contribution in [0.4, 0.5) is 5.82 Å². The molecular weight excluding hydrogens is 294 g/mol. The standard InChI is InChI=1S/C16H17N5S/c1-20-7-5-13-12(4-6-17-16(13)20)14-2-3-15(19-18-14)21-8-10-22-11-9-21/h2-7H,8-11H2,1H3. The van der Waals surface area contributed by atoms with Gasteiger partial charge in [-0.25, -0.2) is 4.98 Å². The van der Waals surface area contributed by atoms with E-state index in [-0.39, 0.29) is 0 Å². The van der Waals surface area contributed by atoms with E-state index in [9.17, 15) is 0 Å². The Balaban J connectivity index is 1.70. The van der Waals surface area contributed by atoms with Crippen molar-refractivity contribution in [1.29, 1.82) is 0 Å². The molecule has 1 fully saturated rings. The Morgan fingerprint density at radius 2 is 1.91 bits per heavy atom. The number of thioether (sulfide) groups is 1. The SMILES string of the molecule is Cn1ccc2c(-c3ccc(N4CCSCC4)nn3)ccnc21. The van der Waals surface area contributed by atoms with Gasteiger partial charge in [-0.2, -0.15) is 11.8 Å². The van der Waals surface area contributed by atoms with Crippen molar-refractivity contribution in [3.8, 4) is 11.3 Å². The Morgan fingerprint density at radius 3 is 2.68 bits per heavy atom. The minimum Gasteiger partial charge on any atom is -0.353 e. The van der Waals surface area contributed by atoms with Gasteiger partial charge in [0, 0.05) is 55.0 Å². The molecule has 4 rings (SSSR count). The van der Waals surface area contributed by atoms with Gasteiger partial charge < -0.3 is 9.47 Å². The maximum Gasteiger partial charge on any atom is 0.151 e. The zero-order chi connectivity index (χ0) is 14.9. The third-order valence-electron chi connectivity index (χ3n) is 4.03. The smallest absolute Gasteiger partial charge is 0.151 e. The Hall–Kier alpha value is -2.08. The lowest BCUT2D eigenvalue weighted by Crippen LogP contribution is -2.33. The molecule has 4 heterocycles. The fraction of sp³-hybridized carbons (Fsp3) is 0.312. The highest BCUT2D eigenvalue weighted by Crippen LogP contribution is 2.27. The van der Waals surface area contributed by atoms with Gasteiger partial charge >= 0.3 is 0 Å². The summed E-state index contributed by atoms with van der Waals surface area (Å²) in [6, 6.07) is 8.22. The van der Waals surface area contributed by atoms with Crippen molar-refractivity contribution < 1.29 is 0 Å². The van der Waals surface area contributed by atoms with Gasteiger partial charge in [0.2, 0.25) is 0 Å². The summed E-state index contributed by atoms with van der Waals surface area (Å²) in [4.78, 5) is 6.73. The minimum absolute atomic E-state index is 0.897. The molecule has 112 valence electrons. The molecule has 0 aromatic carbocycles. The fourth-order valence-corrected chi connectivity index (χ4v) is 3.72.